The fourth-order valence-corrected chi connectivity index (χ4v) is 3.16. The highest BCUT2D eigenvalue weighted by atomic mass is 32.2. The van der Waals surface area contributed by atoms with Crippen molar-refractivity contribution in [2.24, 2.45) is 0 Å². The Balaban J connectivity index is 2.26. The standard InChI is InChI=1S/C17H17F3N2O3S/c1-3-8-22-14(23)9-13(17(18,19)20)21-16(22)26-10-11-4-6-12(7-5-11)15(24)25-2/h4-7,9H,3,8,10H2,1-2H3. The first-order valence-electron chi connectivity index (χ1n) is 7.75. The van der Waals surface area contributed by atoms with Crippen molar-refractivity contribution in [3.8, 4) is 0 Å². The molecule has 0 aliphatic rings. The first kappa shape index (κ1) is 20.0. The maximum atomic E-state index is 12.9. The highest BCUT2D eigenvalue weighted by Crippen LogP contribution is 2.29. The van der Waals surface area contributed by atoms with E-state index in [4.69, 9.17) is 0 Å². The van der Waals surface area contributed by atoms with Crippen LogP contribution in [0.2, 0.25) is 0 Å². The van der Waals surface area contributed by atoms with E-state index in [2.05, 4.69) is 9.72 Å². The Morgan fingerprint density at radius 2 is 1.92 bits per heavy atom. The molecule has 0 spiro atoms. The Labute approximate surface area is 152 Å². The Morgan fingerprint density at radius 3 is 2.46 bits per heavy atom. The van der Waals surface area contributed by atoms with Crippen molar-refractivity contribution >= 4 is 17.7 Å². The van der Waals surface area contributed by atoms with Gasteiger partial charge >= 0.3 is 12.1 Å². The number of alkyl halides is 3. The number of carbonyl (C=O) groups excluding carboxylic acids is 1. The van der Waals surface area contributed by atoms with Gasteiger partial charge in [-0.25, -0.2) is 9.78 Å². The van der Waals surface area contributed by atoms with E-state index in [1.165, 1.54) is 11.7 Å². The molecule has 2 rings (SSSR count). The Morgan fingerprint density at radius 1 is 1.27 bits per heavy atom. The number of methoxy groups -OCH3 is 1. The number of esters is 1. The zero-order valence-electron chi connectivity index (χ0n) is 14.2. The predicted octanol–water partition coefficient (Wildman–Crippen LogP) is 3.75. The third-order valence-corrected chi connectivity index (χ3v) is 4.50. The van der Waals surface area contributed by atoms with Crippen molar-refractivity contribution in [2.45, 2.75) is 37.0 Å². The molecule has 1 aromatic heterocycles. The van der Waals surface area contributed by atoms with Gasteiger partial charge in [-0.05, 0) is 24.1 Å². The number of hydrogen-bond acceptors (Lipinski definition) is 5. The van der Waals surface area contributed by atoms with Crippen LogP contribution in [0.4, 0.5) is 13.2 Å². The van der Waals surface area contributed by atoms with E-state index in [1.54, 1.807) is 24.3 Å². The zero-order valence-corrected chi connectivity index (χ0v) is 15.0. The fourth-order valence-electron chi connectivity index (χ4n) is 2.17. The summed E-state index contributed by atoms with van der Waals surface area (Å²) in [5.74, 6) is -0.167. The van der Waals surface area contributed by atoms with Gasteiger partial charge in [-0.1, -0.05) is 30.8 Å². The highest BCUT2D eigenvalue weighted by molar-refractivity contribution is 7.98. The van der Waals surface area contributed by atoms with E-state index in [0.717, 1.165) is 17.3 Å². The lowest BCUT2D eigenvalue weighted by atomic mass is 10.1. The largest absolute Gasteiger partial charge is 0.465 e. The molecule has 0 radical (unpaired) electrons. The molecule has 140 valence electrons. The maximum Gasteiger partial charge on any atom is 0.433 e. The van der Waals surface area contributed by atoms with Gasteiger partial charge in [-0.2, -0.15) is 13.2 Å². The molecule has 26 heavy (non-hydrogen) atoms. The number of ether oxygens (including phenoxy) is 1. The lowest BCUT2D eigenvalue weighted by molar-refractivity contribution is -0.141. The summed E-state index contributed by atoms with van der Waals surface area (Å²) in [5.41, 5.74) is -0.769. The number of nitrogens with zero attached hydrogens (tertiary/aromatic N) is 2. The molecule has 0 unspecified atom stereocenters. The molecule has 0 bridgehead atoms. The van der Waals surface area contributed by atoms with Gasteiger partial charge in [-0.3, -0.25) is 9.36 Å². The van der Waals surface area contributed by atoms with Gasteiger partial charge in [-0.15, -0.1) is 0 Å². The van der Waals surface area contributed by atoms with Crippen LogP contribution < -0.4 is 5.56 Å². The molecule has 5 nitrogen and oxygen atoms in total. The summed E-state index contributed by atoms with van der Waals surface area (Å²) in [7, 11) is 1.28. The molecular formula is C17H17F3N2O3S. The molecule has 0 saturated carbocycles. The van der Waals surface area contributed by atoms with Crippen molar-refractivity contribution < 1.29 is 22.7 Å². The third-order valence-electron chi connectivity index (χ3n) is 3.45. The van der Waals surface area contributed by atoms with Crippen LogP contribution in [0.25, 0.3) is 0 Å². The molecule has 0 atom stereocenters. The minimum Gasteiger partial charge on any atom is -0.465 e. The van der Waals surface area contributed by atoms with Gasteiger partial charge in [0.1, 0.15) is 0 Å². The Bertz CT molecular complexity index is 833. The molecular weight excluding hydrogens is 369 g/mol. The highest BCUT2D eigenvalue weighted by Gasteiger charge is 2.34. The topological polar surface area (TPSA) is 61.2 Å². The Kier molecular flexibility index (Phi) is 6.47. The molecule has 0 saturated heterocycles. The van der Waals surface area contributed by atoms with Crippen molar-refractivity contribution in [3.05, 3.63) is 57.5 Å². The fraction of sp³-hybridized carbons (Fsp3) is 0.353. The van der Waals surface area contributed by atoms with Crippen molar-refractivity contribution in [1.82, 2.24) is 9.55 Å². The second-order valence-electron chi connectivity index (χ2n) is 5.39. The number of hydrogen-bond donors (Lipinski definition) is 0. The van der Waals surface area contributed by atoms with Gasteiger partial charge in [0, 0.05) is 18.4 Å². The minimum atomic E-state index is -4.68. The number of rotatable bonds is 6. The van der Waals surface area contributed by atoms with Gasteiger partial charge in [0.05, 0.1) is 12.7 Å². The molecule has 1 heterocycles. The lowest BCUT2D eigenvalue weighted by Crippen LogP contribution is -2.26. The SMILES string of the molecule is CCCn1c(SCc2ccc(C(=O)OC)cc2)nc(C(F)(F)F)cc1=O. The number of halogens is 3. The van der Waals surface area contributed by atoms with Gasteiger partial charge < -0.3 is 4.74 Å². The molecule has 0 aliphatic heterocycles. The van der Waals surface area contributed by atoms with E-state index in [0.29, 0.717) is 23.8 Å². The maximum absolute atomic E-state index is 12.9. The first-order valence-corrected chi connectivity index (χ1v) is 8.74. The summed E-state index contributed by atoms with van der Waals surface area (Å²) >= 11 is 1.04. The van der Waals surface area contributed by atoms with Crippen molar-refractivity contribution in [1.29, 1.82) is 0 Å². The monoisotopic (exact) mass is 386 g/mol. The van der Waals surface area contributed by atoms with E-state index < -0.39 is 23.4 Å². The van der Waals surface area contributed by atoms with Crippen LogP contribution in [-0.2, 0) is 23.2 Å². The normalized spacial score (nSPS) is 11.4. The van der Waals surface area contributed by atoms with Gasteiger partial charge in [0.15, 0.2) is 10.9 Å². The summed E-state index contributed by atoms with van der Waals surface area (Å²) in [4.78, 5) is 27.1. The number of benzene rings is 1. The number of carbonyl (C=O) groups is 1. The van der Waals surface area contributed by atoms with Crippen LogP contribution in [0, 0.1) is 0 Å². The van der Waals surface area contributed by atoms with E-state index in [1.807, 2.05) is 6.92 Å². The first-order chi connectivity index (χ1) is 12.3. The summed E-state index contributed by atoms with van der Waals surface area (Å²) in [6, 6.07) is 7.01. The Hall–Kier alpha value is -2.29. The molecule has 1 aromatic carbocycles. The van der Waals surface area contributed by atoms with Gasteiger partial charge in [0.25, 0.3) is 5.56 Å². The van der Waals surface area contributed by atoms with Crippen molar-refractivity contribution in [3.63, 3.8) is 0 Å². The smallest absolute Gasteiger partial charge is 0.433 e. The second kappa shape index (κ2) is 8.39. The van der Waals surface area contributed by atoms with Crippen LogP contribution in [0.3, 0.4) is 0 Å². The molecule has 2 aromatic rings. The third kappa shape index (κ3) is 4.87. The molecule has 0 N–H and O–H groups in total. The number of aromatic nitrogens is 2. The average Bonchev–Trinajstić information content (AvgIpc) is 2.61. The van der Waals surface area contributed by atoms with Crippen LogP contribution >= 0.6 is 11.8 Å². The summed E-state index contributed by atoms with van der Waals surface area (Å²) < 4.78 is 44.6. The zero-order chi connectivity index (χ0) is 19.3. The summed E-state index contributed by atoms with van der Waals surface area (Å²) in [5, 5.41) is 0.0173. The lowest BCUT2D eigenvalue weighted by Gasteiger charge is -2.13. The second-order valence-corrected chi connectivity index (χ2v) is 6.33. The van der Waals surface area contributed by atoms with Crippen LogP contribution in [-0.4, -0.2) is 22.6 Å². The summed E-state index contributed by atoms with van der Waals surface area (Å²) in [6.45, 7) is 2.11. The quantitative estimate of drug-likeness (QED) is 0.430. The van der Waals surface area contributed by atoms with E-state index >= 15 is 0 Å². The van der Waals surface area contributed by atoms with Gasteiger partial charge in [0.2, 0.25) is 0 Å². The average molecular weight is 386 g/mol. The predicted molar refractivity (Wildman–Crippen MR) is 91.1 cm³/mol. The molecule has 0 amide bonds. The molecule has 0 fully saturated rings. The van der Waals surface area contributed by atoms with Crippen LogP contribution in [0.1, 0.15) is 35.0 Å². The van der Waals surface area contributed by atoms with Crippen LogP contribution in [0.5, 0.6) is 0 Å². The van der Waals surface area contributed by atoms with Crippen LogP contribution in [0.15, 0.2) is 40.3 Å². The summed E-state index contributed by atoms with van der Waals surface area (Å²) in [6.07, 6.45) is -4.09. The van der Waals surface area contributed by atoms with E-state index in [-0.39, 0.29) is 11.7 Å². The molecule has 0 aliphatic carbocycles. The molecule has 9 heteroatoms. The van der Waals surface area contributed by atoms with E-state index in [9.17, 15) is 22.8 Å². The van der Waals surface area contributed by atoms with Crippen molar-refractivity contribution in [2.75, 3.05) is 7.11 Å². The minimum absolute atomic E-state index is 0.0173. The number of thioether (sulfide) groups is 1.